The largest absolute Gasteiger partial charge is 0.496 e. The Morgan fingerprint density at radius 3 is 2.70 bits per heavy atom. The fourth-order valence-electron chi connectivity index (χ4n) is 3.34. The Hall–Kier alpha value is -2.99. The van der Waals surface area contributed by atoms with Gasteiger partial charge in [-0.3, -0.25) is 4.79 Å². The molecule has 1 N–H and O–H groups in total. The molecule has 0 spiro atoms. The molecular weight excluding hydrogens is 358 g/mol. The van der Waals surface area contributed by atoms with Crippen LogP contribution in [0.15, 0.2) is 35.9 Å². The standard InChI is InChI=1S/C21H19N3O2S/c1-11-18(27-21-19(11)12(2)22-13(3)23-21)10-14-9-16(24-20(14)25)15-7-5-6-8-17(15)26-4/h5-10H,1-4H3,(H,24,25). The molecule has 0 atom stereocenters. The number of nitrogens with one attached hydrogen (secondary N) is 1. The fraction of sp³-hybridized carbons (Fsp3) is 0.190. The zero-order valence-corrected chi connectivity index (χ0v) is 16.4. The number of nitrogens with zero attached hydrogens (tertiary/aromatic N) is 2. The third kappa shape index (κ3) is 3.02. The highest BCUT2D eigenvalue weighted by atomic mass is 32.1. The number of methoxy groups -OCH3 is 1. The topological polar surface area (TPSA) is 64.1 Å². The number of hydrogen-bond donors (Lipinski definition) is 1. The zero-order valence-electron chi connectivity index (χ0n) is 15.6. The molecule has 0 aliphatic carbocycles. The van der Waals surface area contributed by atoms with E-state index in [1.165, 1.54) is 0 Å². The maximum absolute atomic E-state index is 12.5. The summed E-state index contributed by atoms with van der Waals surface area (Å²) >= 11 is 1.58. The number of amides is 1. The minimum atomic E-state index is -0.119. The predicted octanol–water partition coefficient (Wildman–Crippen LogP) is 4.18. The molecule has 3 aromatic rings. The van der Waals surface area contributed by atoms with E-state index in [1.807, 2.05) is 50.3 Å². The Morgan fingerprint density at radius 2 is 1.93 bits per heavy atom. The number of thiophene rings is 1. The highest BCUT2D eigenvalue weighted by Crippen LogP contribution is 2.34. The molecule has 0 saturated heterocycles. The lowest BCUT2D eigenvalue weighted by Gasteiger charge is -2.08. The minimum absolute atomic E-state index is 0.119. The lowest BCUT2D eigenvalue weighted by molar-refractivity contribution is -0.115. The van der Waals surface area contributed by atoms with Crippen LogP contribution in [0.4, 0.5) is 0 Å². The van der Waals surface area contributed by atoms with Gasteiger partial charge in [0.05, 0.1) is 12.8 Å². The van der Waals surface area contributed by atoms with Gasteiger partial charge in [-0.1, -0.05) is 12.1 Å². The SMILES string of the molecule is COc1ccccc1C1=CC(=Cc2sc3nc(C)nc(C)c3c2C)C(=O)N1. The van der Waals surface area contributed by atoms with Crippen LogP contribution >= 0.6 is 11.3 Å². The van der Waals surface area contributed by atoms with Crippen LogP contribution in [0.25, 0.3) is 22.0 Å². The lowest BCUT2D eigenvalue weighted by Crippen LogP contribution is -2.16. The van der Waals surface area contributed by atoms with Gasteiger partial charge in [-0.15, -0.1) is 11.3 Å². The van der Waals surface area contributed by atoms with Gasteiger partial charge in [0.15, 0.2) is 0 Å². The third-order valence-electron chi connectivity index (χ3n) is 4.61. The molecule has 0 fully saturated rings. The van der Waals surface area contributed by atoms with Gasteiger partial charge in [0.2, 0.25) is 0 Å². The van der Waals surface area contributed by atoms with Crippen molar-refractivity contribution in [2.24, 2.45) is 0 Å². The average Bonchev–Trinajstić information content (AvgIpc) is 3.15. The van der Waals surface area contributed by atoms with E-state index in [9.17, 15) is 4.79 Å². The number of aryl methyl sites for hydroxylation is 3. The van der Waals surface area contributed by atoms with Gasteiger partial charge in [0, 0.05) is 27.1 Å². The minimum Gasteiger partial charge on any atom is -0.496 e. The fourth-order valence-corrected chi connectivity index (χ4v) is 4.57. The Balaban J connectivity index is 1.79. The Labute approximate surface area is 161 Å². The number of carbonyl (C=O) groups excluding carboxylic acids is 1. The van der Waals surface area contributed by atoms with Crippen molar-refractivity contribution in [2.75, 3.05) is 7.11 Å². The van der Waals surface area contributed by atoms with Gasteiger partial charge >= 0.3 is 0 Å². The summed E-state index contributed by atoms with van der Waals surface area (Å²) in [6, 6.07) is 7.64. The molecule has 136 valence electrons. The van der Waals surface area contributed by atoms with Crippen molar-refractivity contribution in [2.45, 2.75) is 20.8 Å². The summed E-state index contributed by atoms with van der Waals surface area (Å²) in [5, 5.41) is 4.01. The first-order valence-corrected chi connectivity index (χ1v) is 9.42. The Morgan fingerprint density at radius 1 is 1.15 bits per heavy atom. The number of ether oxygens (including phenoxy) is 1. The Kier molecular flexibility index (Phi) is 4.28. The number of aromatic nitrogens is 2. The van der Waals surface area contributed by atoms with Crippen molar-refractivity contribution >= 4 is 39.2 Å². The van der Waals surface area contributed by atoms with E-state index in [0.717, 1.165) is 49.2 Å². The van der Waals surface area contributed by atoms with Crippen LogP contribution < -0.4 is 10.1 Å². The van der Waals surface area contributed by atoms with E-state index in [1.54, 1.807) is 18.4 Å². The van der Waals surface area contributed by atoms with E-state index >= 15 is 0 Å². The number of fused-ring (bicyclic) bond motifs is 1. The van der Waals surface area contributed by atoms with Crippen LogP contribution in [-0.4, -0.2) is 23.0 Å². The maximum atomic E-state index is 12.5. The molecule has 2 aromatic heterocycles. The van der Waals surface area contributed by atoms with Gasteiger partial charge in [-0.25, -0.2) is 9.97 Å². The second kappa shape index (κ2) is 6.63. The summed E-state index contributed by atoms with van der Waals surface area (Å²) in [6.07, 6.45) is 3.79. The molecule has 1 aliphatic heterocycles. The second-order valence-electron chi connectivity index (χ2n) is 6.44. The highest BCUT2D eigenvalue weighted by Gasteiger charge is 2.22. The molecule has 1 aliphatic rings. The smallest absolute Gasteiger partial charge is 0.255 e. The molecule has 1 amide bonds. The van der Waals surface area contributed by atoms with Crippen LogP contribution in [0.3, 0.4) is 0 Å². The average molecular weight is 377 g/mol. The summed E-state index contributed by atoms with van der Waals surface area (Å²) in [7, 11) is 1.62. The highest BCUT2D eigenvalue weighted by molar-refractivity contribution is 7.19. The predicted molar refractivity (Wildman–Crippen MR) is 109 cm³/mol. The molecule has 0 saturated carbocycles. The molecule has 0 unspecified atom stereocenters. The van der Waals surface area contributed by atoms with Crippen molar-refractivity contribution in [3.05, 3.63) is 63.4 Å². The molecule has 3 heterocycles. The zero-order chi connectivity index (χ0) is 19.1. The van der Waals surface area contributed by atoms with E-state index in [4.69, 9.17) is 4.74 Å². The quantitative estimate of drug-likeness (QED) is 0.696. The Bertz CT molecular complexity index is 1140. The lowest BCUT2D eigenvalue weighted by atomic mass is 10.1. The summed E-state index contributed by atoms with van der Waals surface area (Å²) in [5.74, 6) is 1.37. The first-order chi connectivity index (χ1) is 13.0. The van der Waals surface area contributed by atoms with Crippen LogP contribution in [0.1, 0.15) is 27.5 Å². The summed E-state index contributed by atoms with van der Waals surface area (Å²) in [6.45, 7) is 5.94. The number of carbonyl (C=O) groups is 1. The number of benzene rings is 1. The van der Waals surface area contributed by atoms with Crippen molar-refractivity contribution in [3.63, 3.8) is 0 Å². The van der Waals surface area contributed by atoms with Crippen LogP contribution in [-0.2, 0) is 4.79 Å². The molecule has 5 nitrogen and oxygen atoms in total. The van der Waals surface area contributed by atoms with Crippen LogP contribution in [0.2, 0.25) is 0 Å². The molecule has 0 bridgehead atoms. The van der Waals surface area contributed by atoms with Crippen molar-refractivity contribution < 1.29 is 9.53 Å². The molecule has 27 heavy (non-hydrogen) atoms. The summed E-state index contributed by atoms with van der Waals surface area (Å²) in [4.78, 5) is 23.5. The number of para-hydroxylation sites is 1. The normalized spacial score (nSPS) is 15.3. The second-order valence-corrected chi connectivity index (χ2v) is 7.47. The monoisotopic (exact) mass is 377 g/mol. The van der Waals surface area contributed by atoms with Crippen LogP contribution in [0.5, 0.6) is 5.75 Å². The first kappa shape index (κ1) is 17.4. The van der Waals surface area contributed by atoms with E-state index in [-0.39, 0.29) is 5.91 Å². The summed E-state index contributed by atoms with van der Waals surface area (Å²) in [5.41, 5.74) is 4.30. The maximum Gasteiger partial charge on any atom is 0.255 e. The molecule has 4 rings (SSSR count). The van der Waals surface area contributed by atoms with Crippen molar-refractivity contribution in [1.29, 1.82) is 0 Å². The van der Waals surface area contributed by atoms with E-state index in [0.29, 0.717) is 5.57 Å². The van der Waals surface area contributed by atoms with Gasteiger partial charge in [0.1, 0.15) is 16.4 Å². The third-order valence-corrected chi connectivity index (χ3v) is 5.75. The van der Waals surface area contributed by atoms with Gasteiger partial charge in [-0.2, -0.15) is 0 Å². The molecule has 6 heteroatoms. The molecular formula is C21H19N3O2S. The van der Waals surface area contributed by atoms with Crippen LogP contribution in [0, 0.1) is 20.8 Å². The van der Waals surface area contributed by atoms with Crippen molar-refractivity contribution in [1.82, 2.24) is 15.3 Å². The van der Waals surface area contributed by atoms with Gasteiger partial charge < -0.3 is 10.1 Å². The number of hydrogen-bond acceptors (Lipinski definition) is 5. The molecule has 1 aromatic carbocycles. The van der Waals surface area contributed by atoms with Gasteiger partial charge in [0.25, 0.3) is 5.91 Å². The first-order valence-electron chi connectivity index (χ1n) is 8.60. The van der Waals surface area contributed by atoms with Crippen molar-refractivity contribution in [3.8, 4) is 5.75 Å². The van der Waals surface area contributed by atoms with Gasteiger partial charge in [-0.05, 0) is 50.6 Å². The summed E-state index contributed by atoms with van der Waals surface area (Å²) < 4.78 is 5.41. The van der Waals surface area contributed by atoms with E-state index in [2.05, 4.69) is 22.2 Å². The number of rotatable bonds is 3. The van der Waals surface area contributed by atoms with E-state index < -0.39 is 0 Å². The molecule has 0 radical (unpaired) electrons.